The normalized spacial score (nSPS) is 11.4. The smallest absolute Gasteiger partial charge is 0.241 e. The third kappa shape index (κ3) is 6.62. The minimum Gasteiger partial charge on any atom is -0.493 e. The van der Waals surface area contributed by atoms with Gasteiger partial charge in [0.05, 0.1) is 25.2 Å². The van der Waals surface area contributed by atoms with Crippen LogP contribution in [0.25, 0.3) is 0 Å². The topological polar surface area (TPSA) is 84.9 Å². The van der Waals surface area contributed by atoms with Crippen molar-refractivity contribution in [1.29, 1.82) is 0 Å². The Morgan fingerprint density at radius 3 is 2.19 bits per heavy atom. The molecule has 8 heteroatoms. The molecule has 31 heavy (non-hydrogen) atoms. The number of hydrogen-bond acceptors (Lipinski definition) is 5. The number of nitrogens with zero attached hydrogens (tertiary/aromatic N) is 1. The summed E-state index contributed by atoms with van der Waals surface area (Å²) in [4.78, 5) is 12.6. The Morgan fingerprint density at radius 2 is 1.68 bits per heavy atom. The van der Waals surface area contributed by atoms with Gasteiger partial charge in [-0.15, -0.1) is 0 Å². The average Bonchev–Trinajstić information content (AvgIpc) is 2.64. The molecule has 2 rings (SSSR count). The Hall–Kier alpha value is -2.74. The average molecular weight is 449 g/mol. The van der Waals surface area contributed by atoms with E-state index < -0.39 is 15.9 Å². The number of ether oxygens (including phenoxy) is 2. The quantitative estimate of drug-likeness (QED) is 0.635. The van der Waals surface area contributed by atoms with E-state index in [1.165, 1.54) is 0 Å². The standard InChI is InChI=1S/C23H32N2O5S/c1-15(2)30-20-9-8-19(12-21(20)29-6)13-24-22(26)14-25(31(7,27)28)23-17(4)10-16(3)11-18(23)5/h8-12,15H,13-14H2,1-7H3,(H,24,26). The molecule has 2 aromatic carbocycles. The molecule has 0 heterocycles. The number of benzene rings is 2. The number of anilines is 1. The van der Waals surface area contributed by atoms with Crippen LogP contribution in [0, 0.1) is 20.8 Å². The first kappa shape index (κ1) is 24.5. The predicted molar refractivity (Wildman–Crippen MR) is 123 cm³/mol. The van der Waals surface area contributed by atoms with E-state index in [2.05, 4.69) is 5.32 Å². The van der Waals surface area contributed by atoms with Crippen LogP contribution >= 0.6 is 0 Å². The van der Waals surface area contributed by atoms with Crippen LogP contribution in [0.4, 0.5) is 5.69 Å². The summed E-state index contributed by atoms with van der Waals surface area (Å²) in [6.07, 6.45) is 1.12. The second-order valence-electron chi connectivity index (χ2n) is 7.95. The number of aryl methyl sites for hydroxylation is 3. The van der Waals surface area contributed by atoms with Crippen molar-refractivity contribution in [3.63, 3.8) is 0 Å². The molecule has 0 aliphatic carbocycles. The highest BCUT2D eigenvalue weighted by molar-refractivity contribution is 7.92. The number of methoxy groups -OCH3 is 1. The Bertz CT molecular complexity index is 1020. The molecule has 170 valence electrons. The van der Waals surface area contributed by atoms with E-state index in [1.54, 1.807) is 19.2 Å². The zero-order chi connectivity index (χ0) is 23.3. The molecule has 0 atom stereocenters. The molecule has 0 aliphatic rings. The van der Waals surface area contributed by atoms with Crippen molar-refractivity contribution in [3.05, 3.63) is 52.6 Å². The molecule has 0 bridgehead atoms. The van der Waals surface area contributed by atoms with Crippen LogP contribution in [0.15, 0.2) is 30.3 Å². The van der Waals surface area contributed by atoms with E-state index in [0.29, 0.717) is 17.2 Å². The maximum Gasteiger partial charge on any atom is 0.241 e. The predicted octanol–water partition coefficient (Wildman–Crippen LogP) is 3.49. The minimum absolute atomic E-state index is 0.00937. The van der Waals surface area contributed by atoms with Gasteiger partial charge in [-0.2, -0.15) is 0 Å². The molecule has 0 saturated heterocycles. The second-order valence-corrected chi connectivity index (χ2v) is 9.85. The summed E-state index contributed by atoms with van der Waals surface area (Å²) in [5.74, 6) is 0.802. The number of rotatable bonds is 9. The van der Waals surface area contributed by atoms with Crippen molar-refractivity contribution in [1.82, 2.24) is 5.32 Å². The monoisotopic (exact) mass is 448 g/mol. The van der Waals surface area contributed by atoms with Crippen LogP contribution in [0.5, 0.6) is 11.5 Å². The molecule has 0 unspecified atom stereocenters. The van der Waals surface area contributed by atoms with Gasteiger partial charge in [0, 0.05) is 6.54 Å². The number of carbonyl (C=O) groups is 1. The minimum atomic E-state index is -3.65. The van der Waals surface area contributed by atoms with E-state index in [0.717, 1.165) is 32.8 Å². The lowest BCUT2D eigenvalue weighted by atomic mass is 10.1. The van der Waals surface area contributed by atoms with Crippen LogP contribution in [-0.4, -0.2) is 40.3 Å². The zero-order valence-electron chi connectivity index (χ0n) is 19.3. The van der Waals surface area contributed by atoms with E-state index >= 15 is 0 Å². The van der Waals surface area contributed by atoms with Gasteiger partial charge in [0.15, 0.2) is 11.5 Å². The lowest BCUT2D eigenvalue weighted by molar-refractivity contribution is -0.119. The summed E-state index contributed by atoms with van der Waals surface area (Å²) < 4.78 is 37.1. The Morgan fingerprint density at radius 1 is 1.06 bits per heavy atom. The fourth-order valence-electron chi connectivity index (χ4n) is 3.49. The molecular weight excluding hydrogens is 416 g/mol. The number of nitrogens with one attached hydrogen (secondary N) is 1. The first-order chi connectivity index (χ1) is 14.4. The molecule has 0 saturated carbocycles. The fraction of sp³-hybridized carbons (Fsp3) is 0.435. The van der Waals surface area contributed by atoms with Gasteiger partial charge in [-0.3, -0.25) is 9.10 Å². The summed E-state index contributed by atoms with van der Waals surface area (Å²) >= 11 is 0. The molecule has 1 N–H and O–H groups in total. The fourth-order valence-corrected chi connectivity index (χ4v) is 4.46. The van der Waals surface area contributed by atoms with Gasteiger partial charge >= 0.3 is 0 Å². The highest BCUT2D eigenvalue weighted by atomic mass is 32.2. The van der Waals surface area contributed by atoms with Crippen molar-refractivity contribution in [2.45, 2.75) is 47.3 Å². The zero-order valence-corrected chi connectivity index (χ0v) is 20.1. The van der Waals surface area contributed by atoms with Crippen molar-refractivity contribution < 1.29 is 22.7 Å². The Kier molecular flexibility index (Phi) is 7.95. The van der Waals surface area contributed by atoms with Gasteiger partial charge in [0.2, 0.25) is 15.9 Å². The van der Waals surface area contributed by atoms with Crippen LogP contribution in [-0.2, 0) is 21.4 Å². The maximum atomic E-state index is 12.6. The van der Waals surface area contributed by atoms with Crippen molar-refractivity contribution in [2.75, 3.05) is 24.2 Å². The lowest BCUT2D eigenvalue weighted by Crippen LogP contribution is -2.40. The van der Waals surface area contributed by atoms with Crippen LogP contribution in [0.1, 0.15) is 36.1 Å². The first-order valence-corrected chi connectivity index (χ1v) is 11.9. The maximum absolute atomic E-state index is 12.6. The summed E-state index contributed by atoms with van der Waals surface area (Å²) in [5, 5.41) is 2.79. The Balaban J connectivity index is 2.16. The number of sulfonamides is 1. The highest BCUT2D eigenvalue weighted by Gasteiger charge is 2.24. The van der Waals surface area contributed by atoms with Crippen LogP contribution < -0.4 is 19.1 Å². The number of amides is 1. The van der Waals surface area contributed by atoms with Gasteiger partial charge in [0.1, 0.15) is 6.54 Å². The van der Waals surface area contributed by atoms with E-state index in [9.17, 15) is 13.2 Å². The van der Waals surface area contributed by atoms with Gasteiger partial charge in [-0.25, -0.2) is 8.42 Å². The Labute approximate surface area is 185 Å². The van der Waals surface area contributed by atoms with Crippen molar-refractivity contribution in [3.8, 4) is 11.5 Å². The largest absolute Gasteiger partial charge is 0.493 e. The van der Waals surface area contributed by atoms with Gasteiger partial charge < -0.3 is 14.8 Å². The van der Waals surface area contributed by atoms with Gasteiger partial charge in [-0.1, -0.05) is 23.8 Å². The van der Waals surface area contributed by atoms with E-state index in [4.69, 9.17) is 9.47 Å². The molecule has 7 nitrogen and oxygen atoms in total. The van der Waals surface area contributed by atoms with Gasteiger partial charge in [0.25, 0.3) is 0 Å². The third-order valence-electron chi connectivity index (χ3n) is 4.65. The van der Waals surface area contributed by atoms with E-state index in [1.807, 2.05) is 52.8 Å². The molecule has 1 amide bonds. The molecule has 0 radical (unpaired) electrons. The highest BCUT2D eigenvalue weighted by Crippen LogP contribution is 2.29. The van der Waals surface area contributed by atoms with Crippen LogP contribution in [0.3, 0.4) is 0 Å². The van der Waals surface area contributed by atoms with Gasteiger partial charge in [-0.05, 0) is 63.4 Å². The van der Waals surface area contributed by atoms with Crippen molar-refractivity contribution in [2.24, 2.45) is 0 Å². The lowest BCUT2D eigenvalue weighted by Gasteiger charge is -2.26. The summed E-state index contributed by atoms with van der Waals surface area (Å²) in [5.41, 5.74) is 4.01. The molecule has 0 aliphatic heterocycles. The summed E-state index contributed by atoms with van der Waals surface area (Å²) in [6.45, 7) is 9.44. The SMILES string of the molecule is COc1cc(CNC(=O)CN(c2c(C)cc(C)cc2C)S(C)(=O)=O)ccc1OC(C)C. The van der Waals surface area contributed by atoms with Crippen LogP contribution in [0.2, 0.25) is 0 Å². The molecule has 0 fully saturated rings. The first-order valence-electron chi connectivity index (χ1n) is 10.1. The number of hydrogen-bond donors (Lipinski definition) is 1. The second kappa shape index (κ2) is 10.0. The summed E-state index contributed by atoms with van der Waals surface area (Å²) in [7, 11) is -2.09. The number of carbonyl (C=O) groups excluding carboxylic acids is 1. The summed E-state index contributed by atoms with van der Waals surface area (Å²) in [6, 6.07) is 9.24. The van der Waals surface area contributed by atoms with Crippen molar-refractivity contribution >= 4 is 21.6 Å². The molecular formula is C23H32N2O5S. The third-order valence-corrected chi connectivity index (χ3v) is 5.77. The molecule has 0 spiro atoms. The molecule has 0 aromatic heterocycles. The molecule has 2 aromatic rings. The van der Waals surface area contributed by atoms with E-state index in [-0.39, 0.29) is 19.2 Å².